The van der Waals surface area contributed by atoms with Gasteiger partial charge in [-0.05, 0) is 50.0 Å². The van der Waals surface area contributed by atoms with E-state index in [4.69, 9.17) is 4.74 Å². The second-order valence-electron chi connectivity index (χ2n) is 6.60. The molecular weight excluding hydrogens is 253 g/mol. The van der Waals surface area contributed by atoms with E-state index in [1.165, 1.54) is 12.0 Å². The fourth-order valence-electron chi connectivity index (χ4n) is 4.08. The number of rotatable bonds is 2. The van der Waals surface area contributed by atoms with Gasteiger partial charge in [0.05, 0.1) is 5.60 Å². The third-order valence-electron chi connectivity index (χ3n) is 5.39. The van der Waals surface area contributed by atoms with Gasteiger partial charge >= 0.3 is 0 Å². The van der Waals surface area contributed by atoms with Gasteiger partial charge in [0.25, 0.3) is 0 Å². The van der Waals surface area contributed by atoms with Crippen LogP contribution in [0.1, 0.15) is 49.4 Å². The molecule has 2 atom stereocenters. The number of nitrogens with one attached hydrogen (secondary N) is 1. The number of alkyl halides is 1. The zero-order chi connectivity index (χ0) is 13.6. The lowest BCUT2D eigenvalue weighted by molar-refractivity contribution is -0.151. The zero-order valence-corrected chi connectivity index (χ0v) is 11.8. The average Bonchev–Trinajstić information content (AvgIpc) is 2.93. The normalized spacial score (nSPS) is 28.6. The summed E-state index contributed by atoms with van der Waals surface area (Å²) in [6.07, 6.45) is 5.42. The van der Waals surface area contributed by atoms with E-state index in [1.807, 2.05) is 12.1 Å². The van der Waals surface area contributed by atoms with E-state index < -0.39 is 6.17 Å². The highest BCUT2D eigenvalue weighted by atomic mass is 19.1. The number of para-hydroxylation sites is 1. The van der Waals surface area contributed by atoms with Crippen LogP contribution < -0.4 is 5.32 Å². The lowest BCUT2D eigenvalue weighted by Gasteiger charge is -2.47. The Morgan fingerprint density at radius 2 is 2.25 bits per heavy atom. The molecule has 1 saturated heterocycles. The average molecular weight is 275 g/mol. The topological polar surface area (TPSA) is 21.3 Å². The summed E-state index contributed by atoms with van der Waals surface area (Å²) in [4.78, 5) is 0. The van der Waals surface area contributed by atoms with Crippen molar-refractivity contribution in [1.82, 2.24) is 0 Å². The number of halogens is 1. The molecule has 4 rings (SSSR count). The highest BCUT2D eigenvalue weighted by Gasteiger charge is 2.45. The molecular formula is C17H22FNO. The standard InChI is InChI=1S/C17H22FNO/c18-15(13-6-10-20-17(11-13)7-2-8-17)14-4-1-3-12-5-9-19-16(12)14/h1,3-4,13,15,19H,2,5-11H2. The Labute approximate surface area is 119 Å². The molecule has 3 aliphatic rings. The lowest BCUT2D eigenvalue weighted by atomic mass is 9.70. The van der Waals surface area contributed by atoms with Crippen LogP contribution in [-0.4, -0.2) is 18.8 Å². The summed E-state index contributed by atoms with van der Waals surface area (Å²) < 4.78 is 21.0. The van der Waals surface area contributed by atoms with Gasteiger partial charge in [-0.1, -0.05) is 18.2 Å². The second-order valence-corrected chi connectivity index (χ2v) is 6.60. The first-order chi connectivity index (χ1) is 9.77. The van der Waals surface area contributed by atoms with Crippen molar-refractivity contribution in [1.29, 1.82) is 0 Å². The minimum atomic E-state index is -0.850. The van der Waals surface area contributed by atoms with Gasteiger partial charge in [-0.25, -0.2) is 4.39 Å². The summed E-state index contributed by atoms with van der Waals surface area (Å²) >= 11 is 0. The van der Waals surface area contributed by atoms with Crippen molar-refractivity contribution in [3.8, 4) is 0 Å². The summed E-state index contributed by atoms with van der Waals surface area (Å²) in [7, 11) is 0. The van der Waals surface area contributed by atoms with E-state index in [2.05, 4.69) is 11.4 Å². The maximum absolute atomic E-state index is 15.1. The van der Waals surface area contributed by atoms with E-state index in [1.54, 1.807) is 0 Å². The molecule has 0 bridgehead atoms. The van der Waals surface area contributed by atoms with Crippen LogP contribution in [0.15, 0.2) is 18.2 Å². The third kappa shape index (κ3) is 1.95. The number of anilines is 1. The van der Waals surface area contributed by atoms with Gasteiger partial charge in [0, 0.05) is 24.4 Å². The van der Waals surface area contributed by atoms with Gasteiger partial charge in [0.1, 0.15) is 6.17 Å². The molecule has 2 aliphatic heterocycles. The van der Waals surface area contributed by atoms with E-state index in [0.29, 0.717) is 0 Å². The molecule has 2 heterocycles. The quantitative estimate of drug-likeness (QED) is 0.880. The van der Waals surface area contributed by atoms with Crippen LogP contribution in [0, 0.1) is 5.92 Å². The molecule has 1 aromatic rings. The molecule has 1 spiro atoms. The molecule has 2 unspecified atom stereocenters. The molecule has 1 aromatic carbocycles. The van der Waals surface area contributed by atoms with Crippen molar-refractivity contribution >= 4 is 5.69 Å². The molecule has 2 fully saturated rings. The smallest absolute Gasteiger partial charge is 0.130 e. The number of benzene rings is 1. The molecule has 1 N–H and O–H groups in total. The Hall–Kier alpha value is -1.09. The minimum absolute atomic E-state index is 0.0264. The Bertz CT molecular complexity index is 512. The van der Waals surface area contributed by atoms with Gasteiger partial charge in [-0.15, -0.1) is 0 Å². The molecule has 20 heavy (non-hydrogen) atoms. The minimum Gasteiger partial charge on any atom is -0.384 e. The van der Waals surface area contributed by atoms with Crippen LogP contribution in [0.3, 0.4) is 0 Å². The summed E-state index contributed by atoms with van der Waals surface area (Å²) in [5.74, 6) is 0.123. The van der Waals surface area contributed by atoms with Crippen LogP contribution in [0.5, 0.6) is 0 Å². The van der Waals surface area contributed by atoms with Crippen molar-refractivity contribution in [2.45, 2.75) is 50.3 Å². The molecule has 1 aliphatic carbocycles. The van der Waals surface area contributed by atoms with Gasteiger partial charge in [-0.3, -0.25) is 0 Å². The first kappa shape index (κ1) is 12.6. The Kier molecular flexibility index (Phi) is 2.99. The molecule has 1 saturated carbocycles. The van der Waals surface area contributed by atoms with E-state index >= 15 is 4.39 Å². The maximum atomic E-state index is 15.1. The number of hydrogen-bond donors (Lipinski definition) is 1. The summed E-state index contributed by atoms with van der Waals surface area (Å²) in [5.41, 5.74) is 3.24. The van der Waals surface area contributed by atoms with Crippen molar-refractivity contribution in [2.75, 3.05) is 18.5 Å². The van der Waals surface area contributed by atoms with Crippen molar-refractivity contribution in [2.24, 2.45) is 5.92 Å². The van der Waals surface area contributed by atoms with Crippen LogP contribution in [0.25, 0.3) is 0 Å². The second kappa shape index (κ2) is 4.73. The fraction of sp³-hybridized carbons (Fsp3) is 0.647. The first-order valence-electron chi connectivity index (χ1n) is 7.91. The van der Waals surface area contributed by atoms with Gasteiger partial charge < -0.3 is 10.1 Å². The van der Waals surface area contributed by atoms with Gasteiger partial charge in [0.2, 0.25) is 0 Å². The predicted molar refractivity (Wildman–Crippen MR) is 77.7 cm³/mol. The van der Waals surface area contributed by atoms with E-state index in [0.717, 1.165) is 56.5 Å². The van der Waals surface area contributed by atoms with Crippen LogP contribution in [-0.2, 0) is 11.2 Å². The summed E-state index contributed by atoms with van der Waals surface area (Å²) in [6, 6.07) is 6.08. The van der Waals surface area contributed by atoms with E-state index in [-0.39, 0.29) is 11.5 Å². The fourth-order valence-corrected chi connectivity index (χ4v) is 4.08. The number of fused-ring (bicyclic) bond motifs is 1. The highest BCUT2D eigenvalue weighted by Crippen LogP contribution is 2.49. The molecule has 0 aromatic heterocycles. The zero-order valence-electron chi connectivity index (χ0n) is 11.8. The molecule has 2 nitrogen and oxygen atoms in total. The van der Waals surface area contributed by atoms with Crippen LogP contribution in [0.4, 0.5) is 10.1 Å². The van der Waals surface area contributed by atoms with Crippen molar-refractivity contribution in [3.05, 3.63) is 29.3 Å². The van der Waals surface area contributed by atoms with Gasteiger partial charge in [-0.2, -0.15) is 0 Å². The van der Waals surface area contributed by atoms with Crippen molar-refractivity contribution in [3.63, 3.8) is 0 Å². The van der Waals surface area contributed by atoms with Crippen molar-refractivity contribution < 1.29 is 9.13 Å². The molecule has 108 valence electrons. The van der Waals surface area contributed by atoms with Gasteiger partial charge in [0.15, 0.2) is 0 Å². The SMILES string of the molecule is FC(c1cccc2c1NCC2)C1CCOC2(CCC2)C1. The largest absolute Gasteiger partial charge is 0.384 e. The molecule has 3 heteroatoms. The summed E-state index contributed by atoms with van der Waals surface area (Å²) in [6.45, 7) is 1.67. The maximum Gasteiger partial charge on any atom is 0.130 e. The molecule has 0 radical (unpaired) electrons. The molecule has 0 amide bonds. The number of ether oxygens (including phenoxy) is 1. The Balaban J connectivity index is 1.58. The van der Waals surface area contributed by atoms with E-state index in [9.17, 15) is 0 Å². The Morgan fingerprint density at radius 3 is 3.05 bits per heavy atom. The van der Waals surface area contributed by atoms with Crippen LogP contribution >= 0.6 is 0 Å². The first-order valence-corrected chi connectivity index (χ1v) is 7.91. The van der Waals surface area contributed by atoms with Crippen LogP contribution in [0.2, 0.25) is 0 Å². The lowest BCUT2D eigenvalue weighted by Crippen LogP contribution is -2.46. The monoisotopic (exact) mass is 275 g/mol. The Morgan fingerprint density at radius 1 is 1.35 bits per heavy atom. The number of hydrogen-bond acceptors (Lipinski definition) is 2. The predicted octanol–water partition coefficient (Wildman–Crippen LogP) is 4.01. The third-order valence-corrected chi connectivity index (χ3v) is 5.39. The highest BCUT2D eigenvalue weighted by molar-refractivity contribution is 5.62. The summed E-state index contributed by atoms with van der Waals surface area (Å²) in [5, 5.41) is 3.37.